The molecule has 15 nitrogen and oxygen atoms in total. The number of carbonyl (C=O) groups is 5. The summed E-state index contributed by atoms with van der Waals surface area (Å²) >= 11 is 0. The maximum atomic E-state index is 12.2. The summed E-state index contributed by atoms with van der Waals surface area (Å²) in [5.41, 5.74) is 21.0. The standard InChI is InChI=1S/C16H30N8O7/c1-7(12(27)23-9(15(30)31)5-11(18)26)22-14(29)10(6-25)24-13(28)8(17)3-2-4-21-16(19)20/h7-10,25H,2-6,17H2,1H3,(H2,18,26)(H,22,29)(H,23,27)(H,24,28)(H,30,31)(H4,19,20,21). The number of primary amides is 1. The van der Waals surface area contributed by atoms with Crippen LogP contribution in [0, 0.1) is 0 Å². The summed E-state index contributed by atoms with van der Waals surface area (Å²) in [6, 6.07) is -5.23. The van der Waals surface area contributed by atoms with Gasteiger partial charge in [-0.25, -0.2) is 4.79 Å². The molecule has 0 aliphatic rings. The minimum Gasteiger partial charge on any atom is -0.480 e. The van der Waals surface area contributed by atoms with E-state index in [-0.39, 0.29) is 18.9 Å². The highest BCUT2D eigenvalue weighted by Gasteiger charge is 2.28. The van der Waals surface area contributed by atoms with Crippen LogP contribution in [0.3, 0.4) is 0 Å². The number of aliphatic imine (C=N–C) groups is 1. The molecule has 0 aliphatic carbocycles. The van der Waals surface area contributed by atoms with E-state index in [1.807, 2.05) is 0 Å². The van der Waals surface area contributed by atoms with Gasteiger partial charge in [-0.2, -0.15) is 0 Å². The fourth-order valence-corrected chi connectivity index (χ4v) is 2.20. The van der Waals surface area contributed by atoms with Gasteiger partial charge in [0.05, 0.1) is 19.1 Å². The highest BCUT2D eigenvalue weighted by Crippen LogP contribution is 1.98. The number of guanidine groups is 1. The molecule has 0 spiro atoms. The van der Waals surface area contributed by atoms with E-state index in [2.05, 4.69) is 20.9 Å². The summed E-state index contributed by atoms with van der Waals surface area (Å²) in [6.07, 6.45) is -0.0362. The first kappa shape index (κ1) is 27.5. The van der Waals surface area contributed by atoms with E-state index >= 15 is 0 Å². The van der Waals surface area contributed by atoms with E-state index in [1.54, 1.807) is 0 Å². The Morgan fingerprint density at radius 2 is 1.52 bits per heavy atom. The van der Waals surface area contributed by atoms with Crippen molar-refractivity contribution in [3.8, 4) is 0 Å². The first-order chi connectivity index (χ1) is 14.4. The number of nitrogens with one attached hydrogen (secondary N) is 3. The van der Waals surface area contributed by atoms with Crippen molar-refractivity contribution < 1.29 is 34.2 Å². The average Bonchev–Trinajstić information content (AvgIpc) is 2.67. The molecule has 0 aromatic heterocycles. The molecule has 0 aliphatic heterocycles. The Kier molecular flexibility index (Phi) is 12.2. The molecule has 176 valence electrons. The number of nitrogens with zero attached hydrogens (tertiary/aromatic N) is 1. The molecule has 0 saturated heterocycles. The summed E-state index contributed by atoms with van der Waals surface area (Å²) in [5.74, 6) is -5.07. The lowest BCUT2D eigenvalue weighted by Crippen LogP contribution is -2.57. The number of aliphatic carboxylic acids is 1. The van der Waals surface area contributed by atoms with Gasteiger partial charge in [0.2, 0.25) is 23.6 Å². The lowest BCUT2D eigenvalue weighted by atomic mass is 10.1. The van der Waals surface area contributed by atoms with Crippen molar-refractivity contribution in [2.24, 2.45) is 27.9 Å². The van der Waals surface area contributed by atoms with Gasteiger partial charge in [-0.3, -0.25) is 24.2 Å². The highest BCUT2D eigenvalue weighted by molar-refractivity contribution is 5.94. The zero-order valence-electron chi connectivity index (χ0n) is 17.0. The molecule has 0 aromatic rings. The first-order valence-electron chi connectivity index (χ1n) is 9.23. The second kappa shape index (κ2) is 13.7. The molecule has 4 amide bonds. The Balaban J connectivity index is 4.74. The Morgan fingerprint density at radius 3 is 2.00 bits per heavy atom. The Morgan fingerprint density at radius 1 is 0.935 bits per heavy atom. The molecule has 0 radical (unpaired) electrons. The zero-order valence-corrected chi connectivity index (χ0v) is 17.0. The van der Waals surface area contributed by atoms with Crippen LogP contribution in [0.25, 0.3) is 0 Å². The quantitative estimate of drug-likeness (QED) is 0.0694. The number of carboxylic acids is 1. The number of hydrogen-bond acceptors (Lipinski definition) is 8. The zero-order chi connectivity index (χ0) is 24.1. The molecular formula is C16H30N8O7. The van der Waals surface area contributed by atoms with Gasteiger partial charge in [-0.15, -0.1) is 0 Å². The summed E-state index contributed by atoms with van der Waals surface area (Å²) in [4.78, 5) is 62.1. The highest BCUT2D eigenvalue weighted by atomic mass is 16.4. The van der Waals surface area contributed by atoms with Crippen molar-refractivity contribution in [2.75, 3.05) is 13.2 Å². The third kappa shape index (κ3) is 11.3. The van der Waals surface area contributed by atoms with E-state index in [1.165, 1.54) is 6.92 Å². The Labute approximate surface area is 178 Å². The van der Waals surface area contributed by atoms with E-state index < -0.39 is 66.8 Å². The maximum absolute atomic E-state index is 12.2. The summed E-state index contributed by atoms with van der Waals surface area (Å²) < 4.78 is 0. The largest absolute Gasteiger partial charge is 0.480 e. The molecule has 13 N–H and O–H groups in total. The third-order valence-corrected chi connectivity index (χ3v) is 3.89. The summed E-state index contributed by atoms with van der Waals surface area (Å²) in [5, 5.41) is 24.9. The van der Waals surface area contributed by atoms with Crippen LogP contribution in [0.4, 0.5) is 0 Å². The summed E-state index contributed by atoms with van der Waals surface area (Å²) in [7, 11) is 0. The van der Waals surface area contributed by atoms with E-state index in [0.717, 1.165) is 0 Å². The van der Waals surface area contributed by atoms with Gasteiger partial charge in [-0.05, 0) is 19.8 Å². The van der Waals surface area contributed by atoms with Crippen LogP contribution >= 0.6 is 0 Å². The van der Waals surface area contributed by atoms with Crippen molar-refractivity contribution in [3.63, 3.8) is 0 Å². The number of aliphatic hydroxyl groups excluding tert-OH is 1. The van der Waals surface area contributed by atoms with Crippen molar-refractivity contribution in [1.82, 2.24) is 16.0 Å². The van der Waals surface area contributed by atoms with Crippen molar-refractivity contribution >= 4 is 35.6 Å². The number of carboxylic acid groups (broad SMARTS) is 1. The number of hydrogen-bond donors (Lipinski definition) is 9. The van der Waals surface area contributed by atoms with Gasteiger partial charge in [0.25, 0.3) is 0 Å². The number of rotatable bonds is 14. The van der Waals surface area contributed by atoms with Crippen LogP contribution in [0.5, 0.6) is 0 Å². The number of carbonyl (C=O) groups excluding carboxylic acids is 4. The maximum Gasteiger partial charge on any atom is 0.326 e. The average molecular weight is 446 g/mol. The predicted molar refractivity (Wildman–Crippen MR) is 108 cm³/mol. The fourth-order valence-electron chi connectivity index (χ4n) is 2.20. The molecule has 4 unspecified atom stereocenters. The van der Waals surface area contributed by atoms with Gasteiger partial charge in [0.1, 0.15) is 18.1 Å². The minimum absolute atomic E-state index is 0.0995. The normalized spacial score (nSPS) is 14.3. The fraction of sp³-hybridized carbons (Fsp3) is 0.625. The van der Waals surface area contributed by atoms with Crippen LogP contribution in [0.2, 0.25) is 0 Å². The molecule has 0 aromatic carbocycles. The SMILES string of the molecule is CC(NC(=O)C(CO)NC(=O)C(N)CCCN=C(N)N)C(=O)NC(CC(N)=O)C(=O)O. The second-order valence-electron chi connectivity index (χ2n) is 6.60. The van der Waals surface area contributed by atoms with E-state index in [9.17, 15) is 29.1 Å². The smallest absolute Gasteiger partial charge is 0.326 e. The van der Waals surface area contributed by atoms with Crippen LogP contribution in [0.15, 0.2) is 4.99 Å². The van der Waals surface area contributed by atoms with Crippen LogP contribution in [0.1, 0.15) is 26.2 Å². The van der Waals surface area contributed by atoms with Gasteiger partial charge < -0.3 is 49.1 Å². The molecule has 0 rings (SSSR count). The molecule has 0 fully saturated rings. The predicted octanol–water partition coefficient (Wildman–Crippen LogP) is -5.21. The van der Waals surface area contributed by atoms with Gasteiger partial charge >= 0.3 is 5.97 Å². The molecule has 31 heavy (non-hydrogen) atoms. The summed E-state index contributed by atoms with van der Waals surface area (Å²) in [6.45, 7) is 0.709. The van der Waals surface area contributed by atoms with Gasteiger partial charge in [0.15, 0.2) is 5.96 Å². The van der Waals surface area contributed by atoms with Crippen LogP contribution in [-0.2, 0) is 24.0 Å². The van der Waals surface area contributed by atoms with Gasteiger partial charge in [-0.1, -0.05) is 0 Å². The van der Waals surface area contributed by atoms with E-state index in [4.69, 9.17) is 28.0 Å². The molecule has 0 heterocycles. The monoisotopic (exact) mass is 446 g/mol. The lowest BCUT2D eigenvalue weighted by molar-refractivity contribution is -0.143. The lowest BCUT2D eigenvalue weighted by Gasteiger charge is -2.22. The van der Waals surface area contributed by atoms with Crippen molar-refractivity contribution in [2.45, 2.75) is 50.4 Å². The molecular weight excluding hydrogens is 416 g/mol. The third-order valence-electron chi connectivity index (χ3n) is 3.89. The van der Waals surface area contributed by atoms with Crippen molar-refractivity contribution in [1.29, 1.82) is 0 Å². The van der Waals surface area contributed by atoms with E-state index in [0.29, 0.717) is 6.42 Å². The number of nitrogens with two attached hydrogens (primary N) is 4. The topological polar surface area (TPSA) is 278 Å². The van der Waals surface area contributed by atoms with Gasteiger partial charge in [0, 0.05) is 6.54 Å². The Hall–Kier alpha value is -3.46. The molecule has 0 bridgehead atoms. The van der Waals surface area contributed by atoms with Crippen LogP contribution in [-0.4, -0.2) is 83.1 Å². The Bertz CT molecular complexity index is 695. The van der Waals surface area contributed by atoms with Crippen molar-refractivity contribution in [3.05, 3.63) is 0 Å². The number of aliphatic hydroxyl groups is 1. The minimum atomic E-state index is -1.57. The molecule has 4 atom stereocenters. The number of amides is 4. The molecule has 15 heteroatoms. The first-order valence-corrected chi connectivity index (χ1v) is 9.23. The second-order valence-corrected chi connectivity index (χ2v) is 6.60. The molecule has 0 saturated carbocycles. The van der Waals surface area contributed by atoms with Crippen LogP contribution < -0.4 is 38.9 Å².